The van der Waals surface area contributed by atoms with Gasteiger partial charge in [-0.05, 0) is 26.3 Å². The Morgan fingerprint density at radius 3 is 2.84 bits per heavy atom. The van der Waals surface area contributed by atoms with Gasteiger partial charge in [0, 0.05) is 18.2 Å². The lowest BCUT2D eigenvalue weighted by Crippen LogP contribution is -2.43. The molecule has 0 spiro atoms. The van der Waals surface area contributed by atoms with Crippen LogP contribution in [0.25, 0.3) is 0 Å². The Balaban J connectivity index is 2.19. The molecule has 0 amide bonds. The van der Waals surface area contributed by atoms with Crippen molar-refractivity contribution < 1.29 is 9.72 Å². The Labute approximate surface area is 112 Å². The zero-order valence-corrected chi connectivity index (χ0v) is 11.0. The van der Waals surface area contributed by atoms with Gasteiger partial charge < -0.3 is 0 Å². The molecule has 1 aromatic carbocycles. The van der Waals surface area contributed by atoms with Gasteiger partial charge >= 0.3 is 0 Å². The molecule has 0 aromatic heterocycles. The van der Waals surface area contributed by atoms with E-state index in [-0.39, 0.29) is 22.4 Å². The van der Waals surface area contributed by atoms with Crippen molar-refractivity contribution in [2.24, 2.45) is 0 Å². The van der Waals surface area contributed by atoms with Gasteiger partial charge in [0.05, 0.1) is 11.0 Å². The minimum Gasteiger partial charge on any atom is -0.298 e. The highest BCUT2D eigenvalue weighted by atomic mass is 16.6. The SMILES string of the molecule is CC(=O)C1CCCCN1Cc1ccccc1[N+](=O)[O-]. The number of Topliss-reactive ketones (excluding diaryl/α,β-unsaturated/α-hetero) is 1. The normalized spacial score (nSPS) is 20.2. The number of nitrogens with zero attached hydrogens (tertiary/aromatic N) is 2. The van der Waals surface area contributed by atoms with Crippen molar-refractivity contribution in [3.8, 4) is 0 Å². The van der Waals surface area contributed by atoms with E-state index < -0.39 is 0 Å². The van der Waals surface area contributed by atoms with Crippen molar-refractivity contribution in [3.05, 3.63) is 39.9 Å². The second-order valence-electron chi connectivity index (χ2n) is 4.98. The number of ketones is 1. The minimum absolute atomic E-state index is 0.0893. The molecule has 0 radical (unpaired) electrons. The minimum atomic E-state index is -0.359. The summed E-state index contributed by atoms with van der Waals surface area (Å²) in [6, 6.07) is 6.66. The molecule has 5 heteroatoms. The van der Waals surface area contributed by atoms with E-state index in [1.807, 2.05) is 0 Å². The molecule has 19 heavy (non-hydrogen) atoms. The third kappa shape index (κ3) is 3.17. The molecule has 0 saturated carbocycles. The van der Waals surface area contributed by atoms with Gasteiger partial charge in [0.15, 0.2) is 0 Å². The summed E-state index contributed by atoms with van der Waals surface area (Å²) in [4.78, 5) is 24.3. The molecule has 0 N–H and O–H groups in total. The number of para-hydroxylation sites is 1. The summed E-state index contributed by atoms with van der Waals surface area (Å²) >= 11 is 0. The summed E-state index contributed by atoms with van der Waals surface area (Å²) < 4.78 is 0. The lowest BCUT2D eigenvalue weighted by atomic mass is 9.98. The number of nitro benzene ring substituents is 1. The molecule has 1 fully saturated rings. The van der Waals surface area contributed by atoms with Crippen LogP contribution in [0.1, 0.15) is 31.7 Å². The van der Waals surface area contributed by atoms with Crippen LogP contribution in [-0.4, -0.2) is 28.2 Å². The van der Waals surface area contributed by atoms with Crippen LogP contribution in [0.5, 0.6) is 0 Å². The zero-order valence-electron chi connectivity index (χ0n) is 11.0. The van der Waals surface area contributed by atoms with Crippen molar-refractivity contribution >= 4 is 11.5 Å². The molecule has 102 valence electrons. The van der Waals surface area contributed by atoms with Crippen LogP contribution in [0.3, 0.4) is 0 Å². The fourth-order valence-electron chi connectivity index (χ4n) is 2.68. The van der Waals surface area contributed by atoms with Crippen LogP contribution < -0.4 is 0 Å². The lowest BCUT2D eigenvalue weighted by molar-refractivity contribution is -0.385. The quantitative estimate of drug-likeness (QED) is 0.618. The van der Waals surface area contributed by atoms with Crippen LogP contribution in [0.15, 0.2) is 24.3 Å². The molecular weight excluding hydrogens is 244 g/mol. The van der Waals surface area contributed by atoms with Crippen molar-refractivity contribution in [2.75, 3.05) is 6.54 Å². The van der Waals surface area contributed by atoms with E-state index in [1.54, 1.807) is 25.1 Å². The highest BCUT2D eigenvalue weighted by molar-refractivity contribution is 5.81. The first-order chi connectivity index (χ1) is 9.09. The predicted molar refractivity (Wildman–Crippen MR) is 71.8 cm³/mol. The number of piperidine rings is 1. The van der Waals surface area contributed by atoms with Crippen molar-refractivity contribution in [1.82, 2.24) is 4.90 Å². The zero-order chi connectivity index (χ0) is 13.8. The summed E-state index contributed by atoms with van der Waals surface area (Å²) in [7, 11) is 0. The van der Waals surface area contributed by atoms with Gasteiger partial charge in [-0.3, -0.25) is 19.8 Å². The van der Waals surface area contributed by atoms with Gasteiger partial charge in [0.2, 0.25) is 0 Å². The summed E-state index contributed by atoms with van der Waals surface area (Å²) in [5, 5.41) is 11.0. The average molecular weight is 262 g/mol. The van der Waals surface area contributed by atoms with Crippen LogP contribution in [0, 0.1) is 10.1 Å². The molecule has 1 aliphatic heterocycles. The summed E-state index contributed by atoms with van der Waals surface area (Å²) in [5.41, 5.74) is 0.816. The highest BCUT2D eigenvalue weighted by Crippen LogP contribution is 2.24. The number of nitro groups is 1. The first-order valence-corrected chi connectivity index (χ1v) is 6.56. The van der Waals surface area contributed by atoms with E-state index in [0.29, 0.717) is 12.1 Å². The molecule has 1 aliphatic rings. The summed E-state index contributed by atoms with van der Waals surface area (Å²) in [6.45, 7) is 2.90. The molecule has 0 aliphatic carbocycles. The number of carbonyl (C=O) groups is 1. The number of carbonyl (C=O) groups excluding carboxylic acids is 1. The third-order valence-corrected chi connectivity index (χ3v) is 3.64. The molecule has 2 rings (SSSR count). The third-order valence-electron chi connectivity index (χ3n) is 3.64. The predicted octanol–water partition coefficient (Wildman–Crippen LogP) is 2.54. The Kier molecular flexibility index (Phi) is 4.27. The second kappa shape index (κ2) is 5.93. The first kappa shape index (κ1) is 13.7. The molecular formula is C14H18N2O3. The number of likely N-dealkylation sites (tertiary alicyclic amines) is 1. The molecule has 1 heterocycles. The monoisotopic (exact) mass is 262 g/mol. The highest BCUT2D eigenvalue weighted by Gasteiger charge is 2.27. The Hall–Kier alpha value is -1.75. The van der Waals surface area contributed by atoms with E-state index in [0.717, 1.165) is 25.8 Å². The lowest BCUT2D eigenvalue weighted by Gasteiger charge is -2.33. The maximum atomic E-state index is 11.6. The fourth-order valence-corrected chi connectivity index (χ4v) is 2.68. The van der Waals surface area contributed by atoms with Gasteiger partial charge in [-0.25, -0.2) is 0 Å². The summed E-state index contributed by atoms with van der Waals surface area (Å²) in [5.74, 6) is 0.151. The van der Waals surface area contributed by atoms with Gasteiger partial charge in [-0.1, -0.05) is 24.6 Å². The van der Waals surface area contributed by atoms with E-state index in [2.05, 4.69) is 4.90 Å². The maximum absolute atomic E-state index is 11.6. The van der Waals surface area contributed by atoms with Crippen molar-refractivity contribution in [2.45, 2.75) is 38.8 Å². The van der Waals surface area contributed by atoms with E-state index in [9.17, 15) is 14.9 Å². The first-order valence-electron chi connectivity index (χ1n) is 6.56. The van der Waals surface area contributed by atoms with Crippen LogP contribution in [-0.2, 0) is 11.3 Å². The topological polar surface area (TPSA) is 63.5 Å². The molecule has 5 nitrogen and oxygen atoms in total. The van der Waals surface area contributed by atoms with Crippen LogP contribution in [0.4, 0.5) is 5.69 Å². The number of hydrogen-bond donors (Lipinski definition) is 0. The molecule has 1 saturated heterocycles. The molecule has 1 unspecified atom stereocenters. The van der Waals surface area contributed by atoms with Gasteiger partial charge in [-0.2, -0.15) is 0 Å². The molecule has 0 bridgehead atoms. The van der Waals surface area contributed by atoms with Gasteiger partial charge in [0.1, 0.15) is 5.78 Å². The van der Waals surface area contributed by atoms with Crippen molar-refractivity contribution in [1.29, 1.82) is 0 Å². The number of hydrogen-bond acceptors (Lipinski definition) is 4. The maximum Gasteiger partial charge on any atom is 0.273 e. The second-order valence-corrected chi connectivity index (χ2v) is 4.98. The summed E-state index contributed by atoms with van der Waals surface area (Å²) in [6.07, 6.45) is 2.96. The van der Waals surface area contributed by atoms with Gasteiger partial charge in [-0.15, -0.1) is 0 Å². The molecule has 1 aromatic rings. The van der Waals surface area contributed by atoms with Gasteiger partial charge in [0.25, 0.3) is 5.69 Å². The van der Waals surface area contributed by atoms with Crippen molar-refractivity contribution in [3.63, 3.8) is 0 Å². The Bertz CT molecular complexity index is 487. The van der Waals surface area contributed by atoms with E-state index >= 15 is 0 Å². The fraction of sp³-hybridized carbons (Fsp3) is 0.500. The van der Waals surface area contributed by atoms with E-state index in [1.165, 1.54) is 6.07 Å². The van der Waals surface area contributed by atoms with Crippen LogP contribution in [0.2, 0.25) is 0 Å². The Morgan fingerprint density at radius 1 is 1.42 bits per heavy atom. The molecule has 1 atom stereocenters. The van der Waals surface area contributed by atoms with E-state index in [4.69, 9.17) is 0 Å². The number of rotatable bonds is 4. The largest absolute Gasteiger partial charge is 0.298 e. The smallest absolute Gasteiger partial charge is 0.273 e. The number of benzene rings is 1. The average Bonchev–Trinajstić information content (AvgIpc) is 2.39. The standard InChI is InChI=1S/C14H18N2O3/c1-11(17)13-7-4-5-9-15(13)10-12-6-2-3-8-14(12)16(18)19/h2-3,6,8,13H,4-5,7,9-10H2,1H3. The van der Waals surface area contributed by atoms with Crippen LogP contribution >= 0.6 is 0 Å². The Morgan fingerprint density at radius 2 is 2.16 bits per heavy atom.